The minimum atomic E-state index is 0.0201. The van der Waals surface area contributed by atoms with Crippen LogP contribution in [0.4, 0.5) is 5.69 Å². The molecule has 0 radical (unpaired) electrons. The Hall–Kier alpha value is -1.22. The molecule has 0 aliphatic carbocycles. The summed E-state index contributed by atoms with van der Waals surface area (Å²) in [7, 11) is 0. The maximum absolute atomic E-state index is 6.39. The lowest BCUT2D eigenvalue weighted by Crippen LogP contribution is -2.09. The number of hydrogen-bond acceptors (Lipinski definition) is 2. The Labute approximate surface area is 76.8 Å². The second-order valence-corrected chi connectivity index (χ2v) is 2.34. The molecule has 0 atom stereocenters. The number of para-hydroxylation sites is 1. The molecule has 3 nitrogen and oxygen atoms in total. The van der Waals surface area contributed by atoms with E-state index >= 15 is 0 Å². The van der Waals surface area contributed by atoms with Gasteiger partial charge in [-0.05, 0) is 12.1 Å². The molecule has 0 saturated heterocycles. The van der Waals surface area contributed by atoms with E-state index in [0.717, 1.165) is 5.69 Å². The molecule has 0 saturated carbocycles. The third-order valence-electron chi connectivity index (χ3n) is 0.944. The third-order valence-corrected chi connectivity index (χ3v) is 1.23. The van der Waals surface area contributed by atoms with Gasteiger partial charge < -0.3 is 11.5 Å². The zero-order valence-corrected chi connectivity index (χ0v) is 7.38. The molecule has 5 N–H and O–H groups in total. The standard InChI is InChI=1S/C6H7N.C2H5ClN2/c7-6-4-2-1-3-5-6;3-1-2(4)5/h1-5H,7H2;1H2,(H3,4,5). The fourth-order valence-electron chi connectivity index (χ4n) is 0.453. The van der Waals surface area contributed by atoms with Crippen molar-refractivity contribution in [1.29, 1.82) is 5.41 Å². The predicted octanol–water partition coefficient (Wildman–Crippen LogP) is 1.43. The minimum absolute atomic E-state index is 0.0201. The first-order valence-corrected chi connectivity index (χ1v) is 3.89. The van der Waals surface area contributed by atoms with Crippen molar-refractivity contribution >= 4 is 23.1 Å². The highest BCUT2D eigenvalue weighted by Gasteiger charge is 1.73. The summed E-state index contributed by atoms with van der Waals surface area (Å²) < 4.78 is 0. The second-order valence-electron chi connectivity index (χ2n) is 2.07. The Balaban J connectivity index is 0.000000217. The van der Waals surface area contributed by atoms with Gasteiger partial charge in [0, 0.05) is 5.69 Å². The summed E-state index contributed by atoms with van der Waals surface area (Å²) in [6.45, 7) is 0. The number of nitrogen functional groups attached to an aromatic ring is 1. The molecular formula is C8H12ClN3. The summed E-state index contributed by atoms with van der Waals surface area (Å²) >= 11 is 4.99. The van der Waals surface area contributed by atoms with Gasteiger partial charge in [0.1, 0.15) is 5.84 Å². The first-order chi connectivity index (χ1) is 5.66. The lowest BCUT2D eigenvalue weighted by atomic mass is 10.3. The maximum atomic E-state index is 6.39. The van der Waals surface area contributed by atoms with E-state index in [-0.39, 0.29) is 11.7 Å². The zero-order chi connectivity index (χ0) is 9.40. The van der Waals surface area contributed by atoms with Crippen molar-refractivity contribution in [2.24, 2.45) is 5.73 Å². The topological polar surface area (TPSA) is 75.9 Å². The molecule has 1 rings (SSSR count). The monoisotopic (exact) mass is 185 g/mol. The third kappa shape index (κ3) is 6.89. The van der Waals surface area contributed by atoms with Gasteiger partial charge in [-0.25, -0.2) is 0 Å². The number of alkyl halides is 1. The number of hydrogen-bond donors (Lipinski definition) is 3. The van der Waals surface area contributed by atoms with Crippen LogP contribution in [0.25, 0.3) is 0 Å². The molecule has 0 aromatic heterocycles. The molecule has 0 heterocycles. The predicted molar refractivity (Wildman–Crippen MR) is 53.5 cm³/mol. The van der Waals surface area contributed by atoms with Gasteiger partial charge >= 0.3 is 0 Å². The Morgan fingerprint density at radius 3 is 1.92 bits per heavy atom. The summed E-state index contributed by atoms with van der Waals surface area (Å²) in [5, 5.41) is 6.39. The highest BCUT2D eigenvalue weighted by Crippen LogP contribution is 1.95. The normalized spacial score (nSPS) is 8.08. The van der Waals surface area contributed by atoms with Gasteiger partial charge in [0.2, 0.25) is 0 Å². The number of anilines is 1. The van der Waals surface area contributed by atoms with Crippen molar-refractivity contribution in [3.8, 4) is 0 Å². The van der Waals surface area contributed by atoms with Crippen LogP contribution in [0, 0.1) is 5.41 Å². The highest BCUT2D eigenvalue weighted by molar-refractivity contribution is 6.27. The first-order valence-electron chi connectivity index (χ1n) is 3.36. The summed E-state index contributed by atoms with van der Waals surface area (Å²) in [6.07, 6.45) is 0. The molecule has 0 aliphatic heterocycles. The van der Waals surface area contributed by atoms with Crippen molar-refractivity contribution in [3.05, 3.63) is 30.3 Å². The average molecular weight is 186 g/mol. The van der Waals surface area contributed by atoms with Crippen LogP contribution >= 0.6 is 11.6 Å². The van der Waals surface area contributed by atoms with Crippen molar-refractivity contribution in [1.82, 2.24) is 0 Å². The molecule has 1 aromatic rings. The van der Waals surface area contributed by atoms with E-state index in [2.05, 4.69) is 0 Å². The molecule has 0 amide bonds. The Morgan fingerprint density at radius 2 is 1.75 bits per heavy atom. The second kappa shape index (κ2) is 6.49. The Morgan fingerprint density at radius 1 is 1.33 bits per heavy atom. The molecule has 0 aliphatic rings. The van der Waals surface area contributed by atoms with Crippen LogP contribution in [0.15, 0.2) is 30.3 Å². The van der Waals surface area contributed by atoms with Crippen molar-refractivity contribution in [2.75, 3.05) is 11.6 Å². The summed E-state index contributed by atoms with van der Waals surface area (Å²) in [5.41, 5.74) is 10.9. The largest absolute Gasteiger partial charge is 0.399 e. The SMILES string of the molecule is N=C(N)CCl.Nc1ccccc1. The van der Waals surface area contributed by atoms with Gasteiger partial charge in [0.15, 0.2) is 0 Å². The van der Waals surface area contributed by atoms with Gasteiger partial charge in [-0.15, -0.1) is 11.6 Å². The highest BCUT2D eigenvalue weighted by atomic mass is 35.5. The Bertz CT molecular complexity index is 223. The van der Waals surface area contributed by atoms with Crippen LogP contribution in [0.5, 0.6) is 0 Å². The molecule has 0 bridgehead atoms. The van der Waals surface area contributed by atoms with Crippen LogP contribution in [0.1, 0.15) is 0 Å². The molecule has 0 spiro atoms. The number of nitrogens with two attached hydrogens (primary N) is 2. The molecular weight excluding hydrogens is 174 g/mol. The number of amidine groups is 1. The Kier molecular flexibility index (Phi) is 5.83. The van der Waals surface area contributed by atoms with Crippen LogP contribution in [0.3, 0.4) is 0 Å². The maximum Gasteiger partial charge on any atom is 0.106 e. The van der Waals surface area contributed by atoms with Crippen LogP contribution in [-0.2, 0) is 0 Å². The van der Waals surface area contributed by atoms with Crippen LogP contribution in [0.2, 0.25) is 0 Å². The van der Waals surface area contributed by atoms with E-state index in [1.807, 2.05) is 30.3 Å². The van der Waals surface area contributed by atoms with E-state index in [1.54, 1.807) is 0 Å². The number of halogens is 1. The lowest BCUT2D eigenvalue weighted by Gasteiger charge is -1.83. The van der Waals surface area contributed by atoms with E-state index in [4.69, 9.17) is 28.5 Å². The van der Waals surface area contributed by atoms with E-state index in [0.29, 0.717) is 0 Å². The van der Waals surface area contributed by atoms with E-state index in [1.165, 1.54) is 0 Å². The fourth-order valence-corrected chi connectivity index (χ4v) is 0.453. The number of rotatable bonds is 1. The minimum Gasteiger partial charge on any atom is -0.399 e. The summed E-state index contributed by atoms with van der Waals surface area (Å²) in [6, 6.07) is 9.49. The van der Waals surface area contributed by atoms with Gasteiger partial charge in [0.05, 0.1) is 5.88 Å². The fraction of sp³-hybridized carbons (Fsp3) is 0.125. The van der Waals surface area contributed by atoms with Crippen LogP contribution in [-0.4, -0.2) is 11.7 Å². The average Bonchev–Trinajstić information content (AvgIpc) is 2.07. The molecule has 0 unspecified atom stereocenters. The van der Waals surface area contributed by atoms with Gasteiger partial charge in [-0.1, -0.05) is 18.2 Å². The van der Waals surface area contributed by atoms with Gasteiger partial charge in [-0.2, -0.15) is 0 Å². The molecule has 1 aromatic carbocycles. The number of benzene rings is 1. The van der Waals surface area contributed by atoms with Gasteiger partial charge in [0.25, 0.3) is 0 Å². The molecule has 66 valence electrons. The summed E-state index contributed by atoms with van der Waals surface area (Å²) in [4.78, 5) is 0. The van der Waals surface area contributed by atoms with Crippen molar-refractivity contribution in [2.45, 2.75) is 0 Å². The van der Waals surface area contributed by atoms with Gasteiger partial charge in [-0.3, -0.25) is 5.41 Å². The smallest absolute Gasteiger partial charge is 0.106 e. The lowest BCUT2D eigenvalue weighted by molar-refractivity contribution is 1.42. The summed E-state index contributed by atoms with van der Waals surface area (Å²) in [5.74, 6) is 0.159. The van der Waals surface area contributed by atoms with Crippen molar-refractivity contribution < 1.29 is 0 Å². The quantitative estimate of drug-likeness (QED) is 0.268. The van der Waals surface area contributed by atoms with E-state index < -0.39 is 0 Å². The van der Waals surface area contributed by atoms with Crippen molar-refractivity contribution in [3.63, 3.8) is 0 Å². The molecule has 4 heteroatoms. The number of nitrogens with one attached hydrogen (secondary N) is 1. The van der Waals surface area contributed by atoms with Crippen LogP contribution < -0.4 is 11.5 Å². The molecule has 0 fully saturated rings. The zero-order valence-electron chi connectivity index (χ0n) is 6.63. The van der Waals surface area contributed by atoms with E-state index in [9.17, 15) is 0 Å². The first kappa shape index (κ1) is 10.8. The molecule has 12 heavy (non-hydrogen) atoms.